The van der Waals surface area contributed by atoms with Gasteiger partial charge in [-0.05, 0) is 11.1 Å². The minimum atomic E-state index is -3.41. The highest BCUT2D eigenvalue weighted by Crippen LogP contribution is 2.05. The third-order valence-corrected chi connectivity index (χ3v) is 3.17. The fourth-order valence-corrected chi connectivity index (χ4v) is 2.10. The molecule has 6 heteroatoms. The van der Waals surface area contributed by atoms with E-state index >= 15 is 0 Å². The molecule has 0 saturated carbocycles. The summed E-state index contributed by atoms with van der Waals surface area (Å²) in [4.78, 5) is 0. The van der Waals surface area contributed by atoms with Crippen LogP contribution in [-0.2, 0) is 23.4 Å². The molecular formula is C10H16N2O3S. The molecule has 1 rings (SSSR count). The molecule has 0 aliphatic carbocycles. The molecule has 0 saturated heterocycles. The van der Waals surface area contributed by atoms with E-state index in [1.54, 1.807) is 31.2 Å². The van der Waals surface area contributed by atoms with E-state index in [0.717, 1.165) is 11.1 Å². The molecule has 0 aliphatic rings. The Balaban J connectivity index is 2.61. The molecule has 5 nitrogen and oxygen atoms in total. The van der Waals surface area contributed by atoms with Gasteiger partial charge < -0.3 is 5.11 Å². The number of nitrogens with one attached hydrogen (secondary N) is 2. The number of benzene rings is 1. The van der Waals surface area contributed by atoms with E-state index in [2.05, 4.69) is 9.44 Å². The van der Waals surface area contributed by atoms with Crippen LogP contribution in [0, 0.1) is 0 Å². The lowest BCUT2D eigenvalue weighted by atomic mass is 10.1. The normalized spacial score (nSPS) is 11.6. The molecule has 0 aliphatic heterocycles. The summed E-state index contributed by atoms with van der Waals surface area (Å²) < 4.78 is 27.3. The van der Waals surface area contributed by atoms with Crippen LogP contribution in [0.1, 0.15) is 18.1 Å². The zero-order valence-corrected chi connectivity index (χ0v) is 9.92. The van der Waals surface area contributed by atoms with Gasteiger partial charge in [0.15, 0.2) is 0 Å². The Morgan fingerprint density at radius 3 is 2.56 bits per heavy atom. The second-order valence-electron chi connectivity index (χ2n) is 3.30. The highest BCUT2D eigenvalue weighted by atomic mass is 32.2. The molecule has 0 spiro atoms. The molecule has 1 aromatic rings. The van der Waals surface area contributed by atoms with Crippen LogP contribution in [0.5, 0.6) is 0 Å². The van der Waals surface area contributed by atoms with Crippen molar-refractivity contribution < 1.29 is 13.5 Å². The number of aliphatic hydroxyl groups is 1. The molecule has 0 unspecified atom stereocenters. The molecule has 0 atom stereocenters. The van der Waals surface area contributed by atoms with Crippen LogP contribution < -0.4 is 9.44 Å². The quantitative estimate of drug-likeness (QED) is 0.665. The maximum Gasteiger partial charge on any atom is 0.277 e. The van der Waals surface area contributed by atoms with Gasteiger partial charge in [-0.3, -0.25) is 0 Å². The van der Waals surface area contributed by atoms with Crippen LogP contribution in [0.3, 0.4) is 0 Å². The number of rotatable bonds is 6. The van der Waals surface area contributed by atoms with Crippen molar-refractivity contribution in [1.29, 1.82) is 0 Å². The van der Waals surface area contributed by atoms with Crippen molar-refractivity contribution in [2.75, 3.05) is 6.54 Å². The Morgan fingerprint density at radius 1 is 1.25 bits per heavy atom. The Morgan fingerprint density at radius 2 is 1.94 bits per heavy atom. The van der Waals surface area contributed by atoms with E-state index in [0.29, 0.717) is 6.54 Å². The first-order chi connectivity index (χ1) is 7.57. The van der Waals surface area contributed by atoms with Crippen molar-refractivity contribution in [2.24, 2.45) is 0 Å². The summed E-state index contributed by atoms with van der Waals surface area (Å²) in [7, 11) is -3.41. The molecule has 0 heterocycles. The average molecular weight is 244 g/mol. The lowest BCUT2D eigenvalue weighted by Crippen LogP contribution is -2.35. The van der Waals surface area contributed by atoms with Crippen molar-refractivity contribution in [3.05, 3.63) is 35.4 Å². The van der Waals surface area contributed by atoms with Crippen LogP contribution in [0.25, 0.3) is 0 Å². The fourth-order valence-electron chi connectivity index (χ4n) is 1.26. The molecule has 90 valence electrons. The number of hydrogen-bond donors (Lipinski definition) is 3. The van der Waals surface area contributed by atoms with Crippen molar-refractivity contribution in [3.8, 4) is 0 Å². The lowest BCUT2D eigenvalue weighted by Gasteiger charge is -2.07. The monoisotopic (exact) mass is 244 g/mol. The van der Waals surface area contributed by atoms with Crippen molar-refractivity contribution in [1.82, 2.24) is 9.44 Å². The fraction of sp³-hybridized carbons (Fsp3) is 0.400. The third-order valence-electron chi connectivity index (χ3n) is 1.97. The zero-order chi connectivity index (χ0) is 12.0. The minimum absolute atomic E-state index is 0.0478. The van der Waals surface area contributed by atoms with Gasteiger partial charge in [-0.15, -0.1) is 0 Å². The van der Waals surface area contributed by atoms with E-state index in [-0.39, 0.29) is 13.2 Å². The lowest BCUT2D eigenvalue weighted by molar-refractivity contribution is 0.281. The van der Waals surface area contributed by atoms with Crippen LogP contribution in [0.15, 0.2) is 24.3 Å². The Hall–Kier alpha value is -0.950. The number of hydrogen-bond acceptors (Lipinski definition) is 3. The largest absolute Gasteiger partial charge is 0.392 e. The standard InChI is InChI=1S/C10H16N2O3S/c1-2-11-16(14,15)12-7-9-4-3-5-10(6-9)8-13/h3-6,11-13H,2,7-8H2,1H3. The van der Waals surface area contributed by atoms with E-state index < -0.39 is 10.2 Å². The van der Waals surface area contributed by atoms with Crippen LogP contribution in [0.2, 0.25) is 0 Å². The minimum Gasteiger partial charge on any atom is -0.392 e. The zero-order valence-electron chi connectivity index (χ0n) is 9.10. The van der Waals surface area contributed by atoms with Gasteiger partial charge in [0.2, 0.25) is 0 Å². The smallest absolute Gasteiger partial charge is 0.277 e. The summed E-state index contributed by atoms with van der Waals surface area (Å²) in [6, 6.07) is 7.12. The Bertz CT molecular complexity index is 431. The molecular weight excluding hydrogens is 228 g/mol. The van der Waals surface area contributed by atoms with E-state index in [4.69, 9.17) is 5.11 Å². The van der Waals surface area contributed by atoms with Gasteiger partial charge in [0, 0.05) is 13.1 Å². The van der Waals surface area contributed by atoms with Gasteiger partial charge in [0.05, 0.1) is 6.61 Å². The first-order valence-corrected chi connectivity index (χ1v) is 6.48. The van der Waals surface area contributed by atoms with Gasteiger partial charge in [-0.2, -0.15) is 13.1 Å². The van der Waals surface area contributed by atoms with E-state index in [9.17, 15) is 8.42 Å². The highest BCUT2D eigenvalue weighted by molar-refractivity contribution is 7.87. The SMILES string of the molecule is CCNS(=O)(=O)NCc1cccc(CO)c1. The molecule has 0 radical (unpaired) electrons. The molecule has 3 N–H and O–H groups in total. The first-order valence-electron chi connectivity index (χ1n) is 5.00. The third kappa shape index (κ3) is 4.28. The van der Waals surface area contributed by atoms with Gasteiger partial charge in [-0.25, -0.2) is 4.72 Å². The first kappa shape index (κ1) is 13.1. The summed E-state index contributed by atoms with van der Waals surface area (Å²) >= 11 is 0. The Kier molecular flexibility index (Phi) is 4.88. The summed E-state index contributed by atoms with van der Waals surface area (Å²) in [5.74, 6) is 0. The van der Waals surface area contributed by atoms with Crippen molar-refractivity contribution in [3.63, 3.8) is 0 Å². The van der Waals surface area contributed by atoms with Gasteiger partial charge in [0.1, 0.15) is 0 Å². The molecule has 0 aromatic heterocycles. The van der Waals surface area contributed by atoms with Crippen LogP contribution in [-0.4, -0.2) is 20.1 Å². The maximum atomic E-state index is 11.3. The van der Waals surface area contributed by atoms with E-state index in [1.807, 2.05) is 0 Å². The predicted octanol–water partition coefficient (Wildman–Crippen LogP) is 0.123. The second-order valence-corrected chi connectivity index (χ2v) is 4.88. The topological polar surface area (TPSA) is 78.4 Å². The molecule has 0 amide bonds. The summed E-state index contributed by atoms with van der Waals surface area (Å²) in [6.07, 6.45) is 0. The molecule has 1 aromatic carbocycles. The predicted molar refractivity (Wildman–Crippen MR) is 61.8 cm³/mol. The van der Waals surface area contributed by atoms with Gasteiger partial charge in [-0.1, -0.05) is 31.2 Å². The van der Waals surface area contributed by atoms with E-state index in [1.165, 1.54) is 0 Å². The van der Waals surface area contributed by atoms with Crippen molar-refractivity contribution >= 4 is 10.2 Å². The summed E-state index contributed by atoms with van der Waals surface area (Å²) in [6.45, 7) is 2.23. The molecule has 0 fully saturated rings. The second kappa shape index (κ2) is 5.95. The van der Waals surface area contributed by atoms with Crippen LogP contribution >= 0.6 is 0 Å². The van der Waals surface area contributed by atoms with Gasteiger partial charge in [0.25, 0.3) is 10.2 Å². The van der Waals surface area contributed by atoms with Crippen LogP contribution in [0.4, 0.5) is 0 Å². The Labute approximate surface area is 95.7 Å². The maximum absolute atomic E-state index is 11.3. The average Bonchev–Trinajstić information content (AvgIpc) is 2.27. The van der Waals surface area contributed by atoms with Crippen molar-refractivity contribution in [2.45, 2.75) is 20.1 Å². The molecule has 0 bridgehead atoms. The highest BCUT2D eigenvalue weighted by Gasteiger charge is 2.06. The van der Waals surface area contributed by atoms with Gasteiger partial charge >= 0.3 is 0 Å². The summed E-state index contributed by atoms with van der Waals surface area (Å²) in [5.41, 5.74) is 1.58. The summed E-state index contributed by atoms with van der Waals surface area (Å²) in [5, 5.41) is 8.92. The molecule has 16 heavy (non-hydrogen) atoms. The number of aliphatic hydroxyl groups excluding tert-OH is 1.